The van der Waals surface area contributed by atoms with E-state index < -0.39 is 0 Å². The number of aromatic nitrogens is 2. The minimum Gasteiger partial charge on any atom is -0.457 e. The number of anilines is 2. The lowest BCUT2D eigenvalue weighted by Gasteiger charge is -2.31. The molecule has 0 saturated heterocycles. The van der Waals surface area contributed by atoms with Gasteiger partial charge in [-0.25, -0.2) is 9.97 Å². The zero-order valence-corrected chi connectivity index (χ0v) is 21.6. The second-order valence-corrected chi connectivity index (χ2v) is 9.23. The fourth-order valence-corrected chi connectivity index (χ4v) is 4.42. The lowest BCUT2D eigenvalue weighted by atomic mass is 10.0. The molecule has 1 aliphatic rings. The van der Waals surface area contributed by atoms with Gasteiger partial charge in [0.05, 0.1) is 0 Å². The Morgan fingerprint density at radius 2 is 1.49 bits per heavy atom. The number of para-hydroxylation sites is 1. The number of hydrogen-bond acceptors (Lipinski definition) is 4. The summed E-state index contributed by atoms with van der Waals surface area (Å²) in [6.45, 7) is 5.43. The highest BCUT2D eigenvalue weighted by Gasteiger charge is 2.20. The first-order valence-electron chi connectivity index (χ1n) is 12.2. The highest BCUT2D eigenvalue weighted by molar-refractivity contribution is 7.80. The van der Waals surface area contributed by atoms with Crippen LogP contribution < -0.4 is 15.4 Å². The van der Waals surface area contributed by atoms with E-state index in [9.17, 15) is 0 Å². The fraction of sp³-hybridized carbons (Fsp3) is 0.172. The van der Waals surface area contributed by atoms with Gasteiger partial charge in [0.2, 0.25) is 17.0 Å². The van der Waals surface area contributed by atoms with Crippen LogP contribution >= 0.6 is 12.2 Å². The smallest absolute Gasteiger partial charge is 0.229 e. The van der Waals surface area contributed by atoms with Crippen LogP contribution in [0.4, 0.5) is 11.6 Å². The van der Waals surface area contributed by atoms with Gasteiger partial charge in [0.15, 0.2) is 0 Å². The molecular weight excluding hydrogens is 480 g/mol. The molecule has 4 aromatic rings. The zero-order valence-electron chi connectivity index (χ0n) is 20.8. The van der Waals surface area contributed by atoms with Gasteiger partial charge in [0, 0.05) is 30.2 Å². The lowest BCUT2D eigenvalue weighted by molar-refractivity contribution is 0.393. The first-order chi connectivity index (χ1) is 18.0. The van der Waals surface area contributed by atoms with Crippen LogP contribution in [0.5, 0.6) is 11.5 Å². The van der Waals surface area contributed by atoms with Crippen molar-refractivity contribution in [3.05, 3.63) is 107 Å². The molecule has 0 amide bonds. The molecule has 0 saturated carbocycles. The Bertz CT molecular complexity index is 1400. The first kappa shape index (κ1) is 24.4. The molecular formula is C29H28N6OS. The number of aryl methyl sites for hydroxylation is 2. The second kappa shape index (κ2) is 11.2. The Morgan fingerprint density at radius 3 is 2.22 bits per heavy atom. The molecule has 0 bridgehead atoms. The van der Waals surface area contributed by atoms with Crippen molar-refractivity contribution in [1.29, 1.82) is 0 Å². The molecule has 7 nitrogen and oxygen atoms in total. The van der Waals surface area contributed by atoms with Gasteiger partial charge in [0.1, 0.15) is 11.5 Å². The fourth-order valence-electron chi connectivity index (χ4n) is 4.21. The molecule has 37 heavy (non-hydrogen) atoms. The highest BCUT2D eigenvalue weighted by Crippen LogP contribution is 2.23. The summed E-state index contributed by atoms with van der Waals surface area (Å²) < 4.78 is 5.88. The number of nitrogens with one attached hydrogen (secondary N) is 2. The number of nitrogens with zero attached hydrogens (tertiary/aromatic N) is 4. The third kappa shape index (κ3) is 6.48. The molecule has 8 heteroatoms. The average molecular weight is 509 g/mol. The summed E-state index contributed by atoms with van der Waals surface area (Å²) in [4.78, 5) is 16.0. The van der Waals surface area contributed by atoms with Gasteiger partial charge < -0.3 is 15.0 Å². The van der Waals surface area contributed by atoms with Crippen LogP contribution in [0.1, 0.15) is 22.5 Å². The molecule has 0 atom stereocenters. The molecule has 0 radical (unpaired) electrons. The third-order valence-corrected chi connectivity index (χ3v) is 6.12. The maximum atomic E-state index is 5.88. The van der Waals surface area contributed by atoms with Gasteiger partial charge in [-0.05, 0) is 86.1 Å². The van der Waals surface area contributed by atoms with Crippen LogP contribution in [0.25, 0.3) is 0 Å². The summed E-state index contributed by atoms with van der Waals surface area (Å²) >= 11 is 5.63. The van der Waals surface area contributed by atoms with Crippen LogP contribution in [0.3, 0.4) is 0 Å². The summed E-state index contributed by atoms with van der Waals surface area (Å²) in [6.07, 6.45) is 0.924. The van der Waals surface area contributed by atoms with E-state index in [-0.39, 0.29) is 0 Å². The largest absolute Gasteiger partial charge is 0.457 e. The van der Waals surface area contributed by atoms with Crippen molar-refractivity contribution in [1.82, 2.24) is 14.9 Å². The summed E-state index contributed by atoms with van der Waals surface area (Å²) in [5, 5.41) is 6.87. The standard InChI is InChI=1S/C29H28N6OS/c1-20-18-21(2)31-27(30-20)33-28(35-17-16-22-8-6-7-9-23(22)19-35)34-29(37)32-24-12-14-26(15-13-24)36-25-10-4-3-5-11-25/h3-15,18H,16-17,19H2,1-2H3,(H2,30,31,32,33,34,37). The van der Waals surface area contributed by atoms with E-state index in [2.05, 4.69) is 49.8 Å². The van der Waals surface area contributed by atoms with E-state index in [1.165, 1.54) is 11.1 Å². The molecule has 186 valence electrons. The topological polar surface area (TPSA) is 74.7 Å². The van der Waals surface area contributed by atoms with Crippen molar-refractivity contribution in [2.45, 2.75) is 26.8 Å². The van der Waals surface area contributed by atoms with Gasteiger partial charge in [-0.2, -0.15) is 4.99 Å². The summed E-state index contributed by atoms with van der Waals surface area (Å²) in [6, 6.07) is 27.7. The molecule has 1 aromatic heterocycles. The molecule has 0 fully saturated rings. The van der Waals surface area contributed by atoms with Gasteiger partial charge in [-0.15, -0.1) is 0 Å². The average Bonchev–Trinajstić information content (AvgIpc) is 2.89. The summed E-state index contributed by atoms with van der Waals surface area (Å²) in [7, 11) is 0. The van der Waals surface area contributed by atoms with Crippen molar-refractivity contribution >= 4 is 34.9 Å². The van der Waals surface area contributed by atoms with E-state index in [0.29, 0.717) is 17.0 Å². The molecule has 0 unspecified atom stereocenters. The van der Waals surface area contributed by atoms with E-state index in [0.717, 1.165) is 48.1 Å². The predicted octanol–water partition coefficient (Wildman–Crippen LogP) is 6.11. The van der Waals surface area contributed by atoms with Crippen LogP contribution in [-0.2, 0) is 13.0 Å². The molecule has 5 rings (SSSR count). The first-order valence-corrected chi connectivity index (χ1v) is 12.6. The predicted molar refractivity (Wildman–Crippen MR) is 152 cm³/mol. The van der Waals surface area contributed by atoms with Gasteiger partial charge in [-0.3, -0.25) is 5.32 Å². The Labute approximate surface area is 222 Å². The van der Waals surface area contributed by atoms with Gasteiger partial charge >= 0.3 is 0 Å². The molecule has 3 aromatic carbocycles. The SMILES string of the molecule is Cc1cc(C)nc(N/C(=N/C(=S)Nc2ccc(Oc3ccccc3)cc2)N2CCc3ccccc3C2)n1. The van der Waals surface area contributed by atoms with E-state index in [1.807, 2.05) is 74.5 Å². The van der Waals surface area contributed by atoms with Crippen molar-refractivity contribution in [2.75, 3.05) is 17.2 Å². The molecule has 2 heterocycles. The monoisotopic (exact) mass is 508 g/mol. The maximum absolute atomic E-state index is 5.88. The van der Waals surface area contributed by atoms with Crippen molar-refractivity contribution in [3.63, 3.8) is 0 Å². The van der Waals surface area contributed by atoms with Gasteiger partial charge in [0.25, 0.3) is 0 Å². The Balaban J connectivity index is 1.34. The Kier molecular flexibility index (Phi) is 7.37. The highest BCUT2D eigenvalue weighted by atomic mass is 32.1. The summed E-state index contributed by atoms with van der Waals surface area (Å²) in [5.74, 6) is 2.64. The molecule has 1 aliphatic heterocycles. The quantitative estimate of drug-likeness (QED) is 0.196. The van der Waals surface area contributed by atoms with E-state index >= 15 is 0 Å². The van der Waals surface area contributed by atoms with E-state index in [4.69, 9.17) is 21.9 Å². The minimum atomic E-state index is 0.336. The van der Waals surface area contributed by atoms with Crippen molar-refractivity contribution in [2.24, 2.45) is 4.99 Å². The number of aliphatic imine (C=N–C) groups is 1. The number of benzene rings is 3. The normalized spacial score (nSPS) is 13.0. The molecule has 0 spiro atoms. The van der Waals surface area contributed by atoms with Crippen molar-refractivity contribution < 1.29 is 4.74 Å². The third-order valence-electron chi connectivity index (χ3n) is 5.93. The Hall–Kier alpha value is -4.30. The molecule has 0 aliphatic carbocycles. The Morgan fingerprint density at radius 1 is 0.838 bits per heavy atom. The second-order valence-electron chi connectivity index (χ2n) is 8.84. The number of hydrogen-bond donors (Lipinski definition) is 2. The number of rotatable bonds is 4. The zero-order chi connectivity index (χ0) is 25.6. The number of fused-ring (bicyclic) bond motifs is 1. The maximum Gasteiger partial charge on any atom is 0.229 e. The minimum absolute atomic E-state index is 0.336. The van der Waals surface area contributed by atoms with Crippen LogP contribution in [0.15, 0.2) is 89.9 Å². The number of ether oxygens (including phenoxy) is 1. The van der Waals surface area contributed by atoms with Crippen LogP contribution in [-0.4, -0.2) is 32.5 Å². The van der Waals surface area contributed by atoms with E-state index in [1.54, 1.807) is 0 Å². The van der Waals surface area contributed by atoms with Gasteiger partial charge in [-0.1, -0.05) is 42.5 Å². The lowest BCUT2D eigenvalue weighted by Crippen LogP contribution is -2.41. The molecule has 2 N–H and O–H groups in total. The van der Waals surface area contributed by atoms with Crippen molar-refractivity contribution in [3.8, 4) is 11.5 Å². The summed E-state index contributed by atoms with van der Waals surface area (Å²) in [5.41, 5.74) is 5.23. The van der Waals surface area contributed by atoms with Crippen LogP contribution in [0.2, 0.25) is 0 Å². The van der Waals surface area contributed by atoms with Crippen LogP contribution in [0, 0.1) is 13.8 Å². The number of thiocarbonyl (C=S) groups is 1. The number of guanidine groups is 1.